The Bertz CT molecular complexity index is 1390. The molecule has 1 aliphatic heterocycles. The number of nitrogens with one attached hydrogen (secondary N) is 1. The monoisotopic (exact) mass is 571 g/mol. The van der Waals surface area contributed by atoms with Crippen LogP contribution in [0.25, 0.3) is 0 Å². The van der Waals surface area contributed by atoms with Gasteiger partial charge in [0.15, 0.2) is 17.3 Å². The third-order valence-electron chi connectivity index (χ3n) is 6.18. The van der Waals surface area contributed by atoms with Gasteiger partial charge in [-0.2, -0.15) is 13.2 Å². The van der Waals surface area contributed by atoms with Gasteiger partial charge in [0, 0.05) is 37.3 Å². The number of anilines is 1. The first kappa shape index (κ1) is 28.4. The average molecular weight is 572 g/mol. The summed E-state index contributed by atoms with van der Waals surface area (Å²) in [5.74, 6) is -5.00. The Morgan fingerprint density at radius 1 is 1.13 bits per heavy atom. The van der Waals surface area contributed by atoms with Gasteiger partial charge >= 0.3 is 6.18 Å². The number of ether oxygens (including phenoxy) is 1. The molecule has 3 N–H and O–H groups in total. The maximum Gasteiger partial charge on any atom is 0.449 e. The number of hydrogen-bond donors (Lipinski definition) is 2. The fraction of sp³-hybridized carbons (Fsp3) is 0.320. The zero-order chi connectivity index (χ0) is 28.5. The lowest BCUT2D eigenvalue weighted by atomic mass is 10.0. The Kier molecular flexibility index (Phi) is 8.16. The minimum atomic E-state index is -4.80. The highest BCUT2D eigenvalue weighted by molar-refractivity contribution is 7.80. The number of hydrogen-bond acceptors (Lipinski definition) is 5. The maximum atomic E-state index is 14.0. The van der Waals surface area contributed by atoms with E-state index in [1.165, 1.54) is 19.2 Å². The van der Waals surface area contributed by atoms with E-state index in [0.29, 0.717) is 17.5 Å². The van der Waals surface area contributed by atoms with Crippen LogP contribution in [0.5, 0.6) is 5.75 Å². The van der Waals surface area contributed by atoms with Crippen LogP contribution in [0.2, 0.25) is 0 Å². The Hall–Kier alpha value is -3.65. The lowest BCUT2D eigenvalue weighted by Gasteiger charge is -2.32. The largest absolute Gasteiger partial charge is 0.497 e. The summed E-state index contributed by atoms with van der Waals surface area (Å²) >= 11 is 5.45. The van der Waals surface area contributed by atoms with Crippen molar-refractivity contribution < 1.29 is 35.9 Å². The molecule has 208 valence electrons. The number of nitrogens with zero attached hydrogens (tertiary/aromatic N) is 3. The van der Waals surface area contributed by atoms with Crippen LogP contribution in [0.15, 0.2) is 36.4 Å². The van der Waals surface area contributed by atoms with Crippen LogP contribution in [-0.2, 0) is 25.7 Å². The summed E-state index contributed by atoms with van der Waals surface area (Å²) in [6.07, 6.45) is -4.93. The predicted molar refractivity (Wildman–Crippen MR) is 134 cm³/mol. The van der Waals surface area contributed by atoms with Crippen molar-refractivity contribution in [1.82, 2.24) is 14.5 Å². The molecule has 2 heterocycles. The van der Waals surface area contributed by atoms with Crippen molar-refractivity contribution in [3.63, 3.8) is 0 Å². The topological polar surface area (TPSA) is 85.4 Å². The molecule has 0 unspecified atom stereocenters. The van der Waals surface area contributed by atoms with Crippen LogP contribution >= 0.6 is 12.2 Å². The molecule has 0 aliphatic carbocycles. The van der Waals surface area contributed by atoms with Crippen LogP contribution in [0, 0.1) is 17.5 Å². The van der Waals surface area contributed by atoms with Gasteiger partial charge in [-0.25, -0.2) is 18.2 Å². The zero-order valence-corrected chi connectivity index (χ0v) is 21.3. The van der Waals surface area contributed by atoms with Crippen molar-refractivity contribution in [2.45, 2.75) is 38.1 Å². The number of amides is 1. The van der Waals surface area contributed by atoms with Gasteiger partial charge in [-0.1, -0.05) is 12.2 Å². The normalized spacial score (nSPS) is 14.1. The fourth-order valence-corrected chi connectivity index (χ4v) is 4.64. The molecular weight excluding hydrogens is 548 g/mol. The highest BCUT2D eigenvalue weighted by Gasteiger charge is 2.41. The number of thiocarbonyl (C=S) groups is 1. The first-order valence-corrected chi connectivity index (χ1v) is 12.1. The second-order valence-corrected chi connectivity index (χ2v) is 9.38. The molecule has 0 bridgehead atoms. The Balaban J connectivity index is 1.51. The zero-order valence-electron chi connectivity index (χ0n) is 20.5. The summed E-state index contributed by atoms with van der Waals surface area (Å²) in [4.78, 5) is 18.4. The number of halogens is 6. The molecule has 3 aromatic rings. The summed E-state index contributed by atoms with van der Waals surface area (Å²) in [6, 6.07) is 6.58. The first-order valence-electron chi connectivity index (χ1n) is 11.7. The number of rotatable bonds is 7. The van der Waals surface area contributed by atoms with Gasteiger partial charge in [0.05, 0.1) is 24.3 Å². The summed E-state index contributed by atoms with van der Waals surface area (Å²) in [6.45, 7) is -0.225. The number of imidazole rings is 1. The van der Waals surface area contributed by atoms with E-state index in [1.54, 1.807) is 17.0 Å². The lowest BCUT2D eigenvalue weighted by molar-refractivity contribution is -0.147. The quantitative estimate of drug-likeness (QED) is 0.243. The van der Waals surface area contributed by atoms with E-state index in [4.69, 9.17) is 22.7 Å². The van der Waals surface area contributed by atoms with Crippen molar-refractivity contribution >= 4 is 28.8 Å². The minimum absolute atomic E-state index is 0.0153. The van der Waals surface area contributed by atoms with Crippen molar-refractivity contribution in [2.24, 2.45) is 5.73 Å². The van der Waals surface area contributed by atoms with Gasteiger partial charge in [-0.3, -0.25) is 4.79 Å². The third-order valence-corrected chi connectivity index (χ3v) is 6.61. The Morgan fingerprint density at radius 3 is 2.44 bits per heavy atom. The van der Waals surface area contributed by atoms with Crippen LogP contribution in [0.1, 0.15) is 34.0 Å². The van der Waals surface area contributed by atoms with Crippen LogP contribution in [0.4, 0.5) is 32.0 Å². The lowest BCUT2D eigenvalue weighted by Crippen LogP contribution is -2.41. The van der Waals surface area contributed by atoms with E-state index in [2.05, 4.69) is 10.3 Å². The SMILES string of the molecule is COc1ccc(NC(=O)c2nc(C(F)(F)F)n3c2CN(C(=S)C[C@@H](N)Cc2cc(F)c(F)cc2F)CC3)cc1. The van der Waals surface area contributed by atoms with Crippen LogP contribution < -0.4 is 15.8 Å². The van der Waals surface area contributed by atoms with Crippen molar-refractivity contribution in [1.29, 1.82) is 0 Å². The van der Waals surface area contributed by atoms with Gasteiger partial charge in [0.25, 0.3) is 5.91 Å². The second kappa shape index (κ2) is 11.2. The molecule has 7 nitrogen and oxygen atoms in total. The number of carbonyl (C=O) groups is 1. The third kappa shape index (κ3) is 6.33. The standard InChI is InChI=1S/C25H23F6N5O2S/c1-38-16-4-2-15(3-5-16)33-23(37)22-20-12-35(6-7-36(20)24(34-22)25(29,30)31)21(39)10-14(32)8-13-9-18(27)19(28)11-17(13)26/h2-5,9,11,14H,6-8,10,12,32H2,1H3,(H,33,37)/t14-/m0/s1. The van der Waals surface area contributed by atoms with E-state index < -0.39 is 47.1 Å². The van der Waals surface area contributed by atoms with Crippen molar-refractivity contribution in [2.75, 3.05) is 19.0 Å². The summed E-state index contributed by atoms with van der Waals surface area (Å²) in [5.41, 5.74) is 5.88. The molecule has 1 aliphatic rings. The van der Waals surface area contributed by atoms with Gasteiger partial charge in [0.2, 0.25) is 5.82 Å². The average Bonchev–Trinajstić information content (AvgIpc) is 3.27. The molecule has 0 radical (unpaired) electrons. The molecule has 2 aromatic carbocycles. The Labute approximate surface area is 224 Å². The number of aromatic nitrogens is 2. The number of fused-ring (bicyclic) bond motifs is 1. The second-order valence-electron chi connectivity index (χ2n) is 8.90. The smallest absolute Gasteiger partial charge is 0.449 e. The molecule has 1 amide bonds. The maximum absolute atomic E-state index is 14.0. The number of alkyl halides is 3. The molecule has 0 spiro atoms. The predicted octanol–water partition coefficient (Wildman–Crippen LogP) is 4.68. The van der Waals surface area contributed by atoms with Gasteiger partial charge in [-0.05, 0) is 42.3 Å². The van der Waals surface area contributed by atoms with Gasteiger partial charge < -0.3 is 25.3 Å². The van der Waals surface area contributed by atoms with E-state index in [9.17, 15) is 31.1 Å². The van der Waals surface area contributed by atoms with Crippen molar-refractivity contribution in [3.05, 3.63) is 76.6 Å². The molecule has 4 rings (SSSR count). The molecular formula is C25H23F6N5O2S. The summed E-state index contributed by atoms with van der Waals surface area (Å²) < 4.78 is 87.9. The van der Waals surface area contributed by atoms with Gasteiger partial charge in [0.1, 0.15) is 11.6 Å². The van der Waals surface area contributed by atoms with Crippen LogP contribution in [0.3, 0.4) is 0 Å². The summed E-state index contributed by atoms with van der Waals surface area (Å²) in [5, 5.41) is 2.54. The molecule has 1 atom stereocenters. The fourth-order valence-electron chi connectivity index (χ4n) is 4.27. The Morgan fingerprint density at radius 2 is 1.79 bits per heavy atom. The van der Waals surface area contributed by atoms with E-state index in [1.807, 2.05) is 0 Å². The first-order chi connectivity index (χ1) is 18.4. The highest BCUT2D eigenvalue weighted by Crippen LogP contribution is 2.33. The van der Waals surface area contributed by atoms with Gasteiger partial charge in [-0.15, -0.1) is 0 Å². The van der Waals surface area contributed by atoms with Crippen molar-refractivity contribution in [3.8, 4) is 5.75 Å². The van der Waals surface area contributed by atoms with E-state index in [0.717, 1.165) is 10.6 Å². The van der Waals surface area contributed by atoms with Crippen LogP contribution in [-0.4, -0.2) is 45.0 Å². The van der Waals surface area contributed by atoms with E-state index in [-0.39, 0.29) is 48.7 Å². The molecule has 1 aromatic heterocycles. The molecule has 39 heavy (non-hydrogen) atoms. The highest BCUT2D eigenvalue weighted by atomic mass is 32.1. The number of benzene rings is 2. The minimum Gasteiger partial charge on any atom is -0.497 e. The number of nitrogens with two attached hydrogens (primary N) is 1. The summed E-state index contributed by atoms with van der Waals surface area (Å²) in [7, 11) is 1.47. The molecule has 0 fully saturated rings. The number of methoxy groups -OCH3 is 1. The van der Waals surface area contributed by atoms with E-state index >= 15 is 0 Å². The molecule has 0 saturated heterocycles. The number of carbonyl (C=O) groups excluding carboxylic acids is 1. The molecule has 14 heteroatoms. The molecule has 0 saturated carbocycles.